The van der Waals surface area contributed by atoms with Gasteiger partial charge < -0.3 is 0 Å². The van der Waals surface area contributed by atoms with E-state index >= 15 is 0 Å². The van der Waals surface area contributed by atoms with E-state index in [0.29, 0.717) is 5.02 Å². The molecule has 0 fully saturated rings. The van der Waals surface area contributed by atoms with Crippen molar-refractivity contribution in [3.05, 3.63) is 68.2 Å². The number of benzene rings is 2. The molecule has 2 aromatic rings. The number of amides is 1. The molecule has 0 saturated carbocycles. The predicted octanol–water partition coefficient (Wildman–Crippen LogP) is 3.02. The zero-order valence-corrected chi connectivity index (χ0v) is 13.5. The smallest absolute Gasteiger partial charge is 0.268 e. The van der Waals surface area contributed by atoms with Crippen molar-refractivity contribution in [1.82, 2.24) is 4.72 Å². The summed E-state index contributed by atoms with van der Waals surface area (Å²) in [6.45, 7) is 0. The molecular formula is C13H8Cl2N2O5S. The molecule has 0 spiro atoms. The van der Waals surface area contributed by atoms with Gasteiger partial charge in [0.05, 0.1) is 9.82 Å². The fraction of sp³-hybridized carbons (Fsp3) is 0. The maximum Gasteiger partial charge on any atom is 0.300 e. The Morgan fingerprint density at radius 1 is 1.09 bits per heavy atom. The summed E-state index contributed by atoms with van der Waals surface area (Å²) in [4.78, 5) is 22.0. The summed E-state index contributed by atoms with van der Waals surface area (Å²) in [6.07, 6.45) is 0. The largest absolute Gasteiger partial charge is 0.300 e. The number of nitrogens with zero attached hydrogens (tertiary/aromatic N) is 1. The van der Waals surface area contributed by atoms with Crippen molar-refractivity contribution in [3.8, 4) is 0 Å². The highest BCUT2D eigenvalue weighted by molar-refractivity contribution is 7.90. The van der Waals surface area contributed by atoms with Crippen molar-refractivity contribution in [3.63, 3.8) is 0 Å². The molecule has 0 aliphatic heterocycles. The van der Waals surface area contributed by atoms with Gasteiger partial charge in [0.1, 0.15) is 10.6 Å². The molecule has 0 aliphatic carbocycles. The number of halogens is 2. The molecule has 7 nitrogen and oxygen atoms in total. The first-order valence-corrected chi connectivity index (χ1v) is 8.22. The SMILES string of the molecule is O=C(NS(=O)(=O)c1ccc(Cl)cc1)c1cccc(Cl)c1[N+](=O)[O-]. The topological polar surface area (TPSA) is 106 Å². The van der Waals surface area contributed by atoms with Crippen LogP contribution in [-0.2, 0) is 10.0 Å². The van der Waals surface area contributed by atoms with E-state index in [1.165, 1.54) is 36.4 Å². The number of sulfonamides is 1. The van der Waals surface area contributed by atoms with Crippen LogP contribution in [0.15, 0.2) is 47.4 Å². The summed E-state index contributed by atoms with van der Waals surface area (Å²) in [7, 11) is -4.20. The molecule has 0 radical (unpaired) electrons. The first-order valence-electron chi connectivity index (χ1n) is 5.98. The van der Waals surface area contributed by atoms with Gasteiger partial charge in [0, 0.05) is 5.02 Å². The lowest BCUT2D eigenvalue weighted by Gasteiger charge is -2.08. The molecule has 120 valence electrons. The summed E-state index contributed by atoms with van der Waals surface area (Å²) in [5.74, 6) is -1.16. The normalized spacial score (nSPS) is 11.0. The van der Waals surface area contributed by atoms with Gasteiger partial charge in [-0.25, -0.2) is 13.1 Å². The zero-order valence-electron chi connectivity index (χ0n) is 11.2. The van der Waals surface area contributed by atoms with Crippen LogP contribution < -0.4 is 4.72 Å². The highest BCUT2D eigenvalue weighted by Crippen LogP contribution is 2.28. The molecule has 0 bridgehead atoms. The Morgan fingerprint density at radius 3 is 2.26 bits per heavy atom. The van der Waals surface area contributed by atoms with Crippen LogP contribution in [0.4, 0.5) is 5.69 Å². The van der Waals surface area contributed by atoms with Gasteiger partial charge in [-0.1, -0.05) is 29.3 Å². The second-order valence-corrected chi connectivity index (χ2v) is 6.81. The van der Waals surface area contributed by atoms with Gasteiger partial charge in [-0.2, -0.15) is 0 Å². The number of carbonyl (C=O) groups excluding carboxylic acids is 1. The Kier molecular flexibility index (Phi) is 4.88. The van der Waals surface area contributed by atoms with Crippen LogP contribution in [0, 0.1) is 10.1 Å². The summed E-state index contributed by atoms with van der Waals surface area (Å²) >= 11 is 11.4. The van der Waals surface area contributed by atoms with Crippen molar-refractivity contribution in [2.45, 2.75) is 4.90 Å². The molecule has 0 atom stereocenters. The number of carbonyl (C=O) groups is 1. The summed E-state index contributed by atoms with van der Waals surface area (Å²) in [5.41, 5.74) is -1.13. The second-order valence-electron chi connectivity index (χ2n) is 4.28. The van der Waals surface area contributed by atoms with E-state index < -0.39 is 32.1 Å². The molecular weight excluding hydrogens is 367 g/mol. The minimum absolute atomic E-state index is 0.208. The Labute approximate surface area is 141 Å². The summed E-state index contributed by atoms with van der Waals surface area (Å²) in [5, 5.41) is 11.0. The first-order chi connectivity index (χ1) is 10.7. The van der Waals surface area contributed by atoms with E-state index in [1.54, 1.807) is 4.72 Å². The average molecular weight is 375 g/mol. The third-order valence-corrected chi connectivity index (χ3v) is 4.67. The monoisotopic (exact) mass is 374 g/mol. The third kappa shape index (κ3) is 3.79. The standard InChI is InChI=1S/C13H8Cl2N2O5S/c14-8-4-6-9(7-5-8)23(21,22)16-13(18)10-2-1-3-11(15)12(10)17(19)20/h1-7H,(H,16,18). The van der Waals surface area contributed by atoms with Gasteiger partial charge in [-0.3, -0.25) is 14.9 Å². The molecule has 0 aromatic heterocycles. The van der Waals surface area contributed by atoms with Crippen LogP contribution in [0.1, 0.15) is 10.4 Å². The van der Waals surface area contributed by atoms with Gasteiger partial charge in [-0.15, -0.1) is 0 Å². The van der Waals surface area contributed by atoms with Crippen LogP contribution in [0.3, 0.4) is 0 Å². The molecule has 0 unspecified atom stereocenters. The van der Waals surface area contributed by atoms with E-state index in [9.17, 15) is 23.3 Å². The van der Waals surface area contributed by atoms with E-state index in [1.807, 2.05) is 0 Å². The highest BCUT2D eigenvalue weighted by atomic mass is 35.5. The van der Waals surface area contributed by atoms with Crippen LogP contribution in [0.2, 0.25) is 10.0 Å². The van der Waals surface area contributed by atoms with Gasteiger partial charge in [-0.05, 0) is 36.4 Å². The zero-order chi connectivity index (χ0) is 17.2. The lowest BCUT2D eigenvalue weighted by atomic mass is 10.2. The third-order valence-electron chi connectivity index (χ3n) is 2.76. The molecule has 10 heteroatoms. The lowest BCUT2D eigenvalue weighted by molar-refractivity contribution is -0.385. The first kappa shape index (κ1) is 17.2. The fourth-order valence-electron chi connectivity index (χ4n) is 1.73. The maximum atomic E-state index is 12.1. The van der Waals surface area contributed by atoms with Gasteiger partial charge in [0.2, 0.25) is 0 Å². The second kappa shape index (κ2) is 6.53. The Hall–Kier alpha value is -2.16. The molecule has 1 N–H and O–H groups in total. The number of nitro groups is 1. The number of nitrogens with one attached hydrogen (secondary N) is 1. The van der Waals surface area contributed by atoms with E-state index in [-0.39, 0.29) is 9.92 Å². The lowest BCUT2D eigenvalue weighted by Crippen LogP contribution is -2.31. The van der Waals surface area contributed by atoms with Gasteiger partial charge in [0.15, 0.2) is 0 Å². The van der Waals surface area contributed by atoms with E-state index in [0.717, 1.165) is 6.07 Å². The molecule has 1 amide bonds. The minimum atomic E-state index is -4.20. The van der Waals surface area contributed by atoms with Gasteiger partial charge in [0.25, 0.3) is 15.9 Å². The van der Waals surface area contributed by atoms with Crippen LogP contribution in [0.5, 0.6) is 0 Å². The van der Waals surface area contributed by atoms with Crippen LogP contribution in [-0.4, -0.2) is 19.2 Å². The molecule has 0 saturated heterocycles. The van der Waals surface area contributed by atoms with Crippen molar-refractivity contribution >= 4 is 44.8 Å². The average Bonchev–Trinajstić information content (AvgIpc) is 2.46. The fourth-order valence-corrected chi connectivity index (χ4v) is 3.07. The molecule has 2 aromatic carbocycles. The minimum Gasteiger partial charge on any atom is -0.268 e. The Bertz CT molecular complexity index is 882. The highest BCUT2D eigenvalue weighted by Gasteiger charge is 2.27. The summed E-state index contributed by atoms with van der Waals surface area (Å²) < 4.78 is 26.0. The number of rotatable bonds is 4. The Morgan fingerprint density at radius 2 is 1.70 bits per heavy atom. The van der Waals surface area contributed by atoms with Gasteiger partial charge >= 0.3 is 5.69 Å². The quantitative estimate of drug-likeness (QED) is 0.653. The molecule has 0 heterocycles. The van der Waals surface area contributed by atoms with E-state index in [4.69, 9.17) is 23.2 Å². The number of hydrogen-bond acceptors (Lipinski definition) is 5. The number of para-hydroxylation sites is 1. The van der Waals surface area contributed by atoms with Crippen molar-refractivity contribution in [2.24, 2.45) is 0 Å². The number of nitro benzene ring substituents is 1. The van der Waals surface area contributed by atoms with Crippen molar-refractivity contribution in [1.29, 1.82) is 0 Å². The molecule has 23 heavy (non-hydrogen) atoms. The van der Waals surface area contributed by atoms with Crippen molar-refractivity contribution < 1.29 is 18.1 Å². The number of hydrogen-bond donors (Lipinski definition) is 1. The predicted molar refractivity (Wildman–Crippen MR) is 84.2 cm³/mol. The van der Waals surface area contributed by atoms with Crippen LogP contribution in [0.25, 0.3) is 0 Å². The molecule has 0 aliphatic rings. The van der Waals surface area contributed by atoms with Crippen molar-refractivity contribution in [2.75, 3.05) is 0 Å². The van der Waals surface area contributed by atoms with Crippen LogP contribution >= 0.6 is 23.2 Å². The Balaban J connectivity index is 2.38. The summed E-state index contributed by atoms with van der Waals surface area (Å²) in [6, 6.07) is 8.71. The molecule has 2 rings (SSSR count). The maximum absolute atomic E-state index is 12.1. The van der Waals surface area contributed by atoms with E-state index in [2.05, 4.69) is 0 Å².